The molecule has 2 N–H and O–H groups in total. The Bertz CT molecular complexity index is 535. The standard InChI is InChI=1S/C18H30N4O.HI/c1-14-7-9-15(10-8-14)11-12-20-17(19-5)22(6)13-16(23)21-18(2,3)4;/h7-10H,11-13H2,1-6H3,(H,19,20)(H,21,23);1H. The zero-order valence-corrected chi connectivity index (χ0v) is 18.0. The maximum atomic E-state index is 12.0. The normalized spacial score (nSPS) is 11.5. The molecule has 6 heteroatoms. The van der Waals surface area contributed by atoms with E-state index in [0.29, 0.717) is 0 Å². The summed E-state index contributed by atoms with van der Waals surface area (Å²) < 4.78 is 0. The van der Waals surface area contributed by atoms with Crippen LogP contribution in [0, 0.1) is 6.92 Å². The smallest absolute Gasteiger partial charge is 0.240 e. The molecule has 0 bridgehead atoms. The number of hydrogen-bond acceptors (Lipinski definition) is 2. The van der Waals surface area contributed by atoms with E-state index in [1.807, 2.05) is 32.7 Å². The number of aryl methyl sites for hydroxylation is 1. The van der Waals surface area contributed by atoms with Crippen molar-refractivity contribution < 1.29 is 4.79 Å². The number of nitrogens with one attached hydrogen (secondary N) is 2. The van der Waals surface area contributed by atoms with Crippen LogP contribution < -0.4 is 10.6 Å². The van der Waals surface area contributed by atoms with E-state index in [1.54, 1.807) is 7.05 Å². The minimum absolute atomic E-state index is 0. The summed E-state index contributed by atoms with van der Waals surface area (Å²) in [5, 5.41) is 6.25. The van der Waals surface area contributed by atoms with Gasteiger partial charge in [-0.2, -0.15) is 0 Å². The SMILES string of the molecule is CN=C(NCCc1ccc(C)cc1)N(C)CC(=O)NC(C)(C)C.I. The van der Waals surface area contributed by atoms with Gasteiger partial charge in [0.15, 0.2) is 5.96 Å². The molecular formula is C18H31IN4O. The van der Waals surface area contributed by atoms with Gasteiger partial charge in [-0.1, -0.05) is 29.8 Å². The van der Waals surface area contributed by atoms with Gasteiger partial charge in [0.2, 0.25) is 5.91 Å². The molecule has 0 saturated heterocycles. The van der Waals surface area contributed by atoms with Crippen LogP contribution in [0.2, 0.25) is 0 Å². The van der Waals surface area contributed by atoms with Crippen LogP contribution >= 0.6 is 24.0 Å². The third-order valence-corrected chi connectivity index (χ3v) is 3.29. The van der Waals surface area contributed by atoms with Gasteiger partial charge >= 0.3 is 0 Å². The molecule has 0 aliphatic carbocycles. The first-order chi connectivity index (χ1) is 10.7. The van der Waals surface area contributed by atoms with Crippen LogP contribution in [0.5, 0.6) is 0 Å². The summed E-state index contributed by atoms with van der Waals surface area (Å²) in [7, 11) is 3.59. The molecule has 0 saturated carbocycles. The van der Waals surface area contributed by atoms with Gasteiger partial charge in [0, 0.05) is 26.2 Å². The quantitative estimate of drug-likeness (QED) is 0.416. The van der Waals surface area contributed by atoms with Crippen LogP contribution in [-0.2, 0) is 11.2 Å². The molecule has 24 heavy (non-hydrogen) atoms. The van der Waals surface area contributed by atoms with Crippen LogP contribution in [0.15, 0.2) is 29.3 Å². The van der Waals surface area contributed by atoms with E-state index in [2.05, 4.69) is 46.8 Å². The molecule has 1 aromatic rings. The van der Waals surface area contributed by atoms with E-state index >= 15 is 0 Å². The Kier molecular flexibility index (Phi) is 9.96. The summed E-state index contributed by atoms with van der Waals surface area (Å²) in [6.07, 6.45) is 0.918. The van der Waals surface area contributed by atoms with Gasteiger partial charge in [0.1, 0.15) is 0 Å². The van der Waals surface area contributed by atoms with E-state index < -0.39 is 0 Å². The summed E-state index contributed by atoms with van der Waals surface area (Å²) in [4.78, 5) is 18.0. The lowest BCUT2D eigenvalue weighted by Crippen LogP contribution is -2.49. The lowest BCUT2D eigenvalue weighted by molar-refractivity contribution is -0.122. The number of benzene rings is 1. The Morgan fingerprint density at radius 2 is 1.79 bits per heavy atom. The Balaban J connectivity index is 0.00000529. The van der Waals surface area contributed by atoms with Crippen molar-refractivity contribution in [1.29, 1.82) is 0 Å². The lowest BCUT2D eigenvalue weighted by Gasteiger charge is -2.25. The molecule has 0 aromatic heterocycles. The molecule has 136 valence electrons. The number of aliphatic imine (C=N–C) groups is 1. The van der Waals surface area contributed by atoms with Crippen LogP contribution in [0.1, 0.15) is 31.9 Å². The predicted octanol–water partition coefficient (Wildman–Crippen LogP) is 2.58. The Morgan fingerprint density at radius 1 is 1.21 bits per heavy atom. The zero-order chi connectivity index (χ0) is 17.5. The number of nitrogens with zero attached hydrogens (tertiary/aromatic N) is 2. The van der Waals surface area contributed by atoms with Gasteiger partial charge in [-0.15, -0.1) is 24.0 Å². The second-order valence-corrected chi connectivity index (χ2v) is 6.86. The summed E-state index contributed by atoms with van der Waals surface area (Å²) >= 11 is 0. The molecule has 0 unspecified atom stereocenters. The summed E-state index contributed by atoms with van der Waals surface area (Å²) in [6, 6.07) is 8.51. The maximum Gasteiger partial charge on any atom is 0.240 e. The molecule has 0 heterocycles. The second kappa shape index (κ2) is 10.5. The fourth-order valence-electron chi connectivity index (χ4n) is 2.21. The molecule has 0 spiro atoms. The number of likely N-dealkylation sites (N-methyl/N-ethyl adjacent to an activating group) is 1. The first-order valence-corrected chi connectivity index (χ1v) is 7.99. The number of rotatable bonds is 5. The molecule has 1 rings (SSSR count). The third kappa shape index (κ3) is 9.10. The monoisotopic (exact) mass is 446 g/mol. The van der Waals surface area contributed by atoms with Gasteiger partial charge in [0.25, 0.3) is 0 Å². The van der Waals surface area contributed by atoms with Gasteiger partial charge in [-0.25, -0.2) is 0 Å². The van der Waals surface area contributed by atoms with Crippen LogP contribution in [-0.4, -0.2) is 49.5 Å². The predicted molar refractivity (Wildman–Crippen MR) is 112 cm³/mol. The zero-order valence-electron chi connectivity index (χ0n) is 15.6. The van der Waals surface area contributed by atoms with Crippen LogP contribution in [0.4, 0.5) is 0 Å². The molecule has 0 fully saturated rings. The minimum Gasteiger partial charge on any atom is -0.356 e. The molecule has 0 atom stereocenters. The van der Waals surface area contributed by atoms with Crippen molar-refractivity contribution in [3.8, 4) is 0 Å². The highest BCUT2D eigenvalue weighted by atomic mass is 127. The number of carbonyl (C=O) groups is 1. The van der Waals surface area contributed by atoms with Gasteiger partial charge in [0.05, 0.1) is 6.54 Å². The average Bonchev–Trinajstić information content (AvgIpc) is 2.43. The van der Waals surface area contributed by atoms with E-state index in [1.165, 1.54) is 11.1 Å². The second-order valence-electron chi connectivity index (χ2n) is 6.86. The van der Waals surface area contributed by atoms with Crippen molar-refractivity contribution in [2.45, 2.75) is 39.7 Å². The first-order valence-electron chi connectivity index (χ1n) is 7.99. The number of hydrogen-bond donors (Lipinski definition) is 2. The molecule has 0 aliphatic heterocycles. The number of halogens is 1. The van der Waals surface area contributed by atoms with Gasteiger partial charge < -0.3 is 15.5 Å². The van der Waals surface area contributed by atoms with Crippen molar-refractivity contribution in [1.82, 2.24) is 15.5 Å². The highest BCUT2D eigenvalue weighted by Gasteiger charge is 2.16. The third-order valence-electron chi connectivity index (χ3n) is 3.29. The molecule has 0 aliphatic rings. The lowest BCUT2D eigenvalue weighted by atomic mass is 10.1. The van der Waals surface area contributed by atoms with Crippen LogP contribution in [0.25, 0.3) is 0 Å². The molecule has 1 aromatic carbocycles. The van der Waals surface area contributed by atoms with Gasteiger partial charge in [-0.3, -0.25) is 9.79 Å². The fraction of sp³-hybridized carbons (Fsp3) is 0.556. The van der Waals surface area contributed by atoms with Crippen molar-refractivity contribution in [2.24, 2.45) is 4.99 Å². The topological polar surface area (TPSA) is 56.7 Å². The van der Waals surface area contributed by atoms with E-state index in [-0.39, 0.29) is 42.0 Å². The Morgan fingerprint density at radius 3 is 2.29 bits per heavy atom. The molecule has 5 nitrogen and oxygen atoms in total. The van der Waals surface area contributed by atoms with Gasteiger partial charge in [-0.05, 0) is 39.7 Å². The highest BCUT2D eigenvalue weighted by Crippen LogP contribution is 2.03. The summed E-state index contributed by atoms with van der Waals surface area (Å²) in [5.41, 5.74) is 2.33. The van der Waals surface area contributed by atoms with E-state index in [4.69, 9.17) is 0 Å². The minimum atomic E-state index is -0.222. The number of carbonyl (C=O) groups excluding carboxylic acids is 1. The fourth-order valence-corrected chi connectivity index (χ4v) is 2.21. The number of amides is 1. The average molecular weight is 446 g/mol. The van der Waals surface area contributed by atoms with Crippen molar-refractivity contribution >= 4 is 35.8 Å². The summed E-state index contributed by atoms with van der Waals surface area (Å²) in [6.45, 7) is 9.06. The van der Waals surface area contributed by atoms with Crippen molar-refractivity contribution in [3.05, 3.63) is 35.4 Å². The number of guanidine groups is 1. The van der Waals surface area contributed by atoms with E-state index in [9.17, 15) is 4.79 Å². The molecule has 0 radical (unpaired) electrons. The van der Waals surface area contributed by atoms with Crippen molar-refractivity contribution in [3.63, 3.8) is 0 Å². The Labute approximate surface area is 163 Å². The first kappa shape index (κ1) is 22.7. The largest absolute Gasteiger partial charge is 0.356 e. The Hall–Kier alpha value is -1.31. The molecule has 1 amide bonds. The summed E-state index contributed by atoms with van der Waals surface area (Å²) in [5.74, 6) is 0.711. The van der Waals surface area contributed by atoms with Crippen LogP contribution in [0.3, 0.4) is 0 Å². The highest BCUT2D eigenvalue weighted by molar-refractivity contribution is 14.0. The van der Waals surface area contributed by atoms with E-state index in [0.717, 1.165) is 18.9 Å². The van der Waals surface area contributed by atoms with Crippen molar-refractivity contribution in [2.75, 3.05) is 27.2 Å². The maximum absolute atomic E-state index is 12.0. The molecular weight excluding hydrogens is 415 g/mol.